The number of hydrogen-bond donors (Lipinski definition) is 2. The fraction of sp³-hybridized carbons (Fsp3) is 0.769. The van der Waals surface area contributed by atoms with E-state index in [0.717, 1.165) is 96.1 Å². The number of Topliss-reactive ketones (excluding diaryl/α,β-unsaturated/α-hetero) is 1. The van der Waals surface area contributed by atoms with Crippen LogP contribution in [-0.4, -0.2) is 84.4 Å². The number of likely N-dealkylation sites (N-methyl/N-ethyl adjacent to an activating group) is 1. The van der Waals surface area contributed by atoms with Crippen molar-refractivity contribution >= 4 is 23.6 Å². The van der Waals surface area contributed by atoms with Gasteiger partial charge in [0.2, 0.25) is 0 Å². The molecule has 1 heterocycles. The number of carboxylic acid groups (broad SMARTS) is 1. The van der Waals surface area contributed by atoms with E-state index in [1.165, 1.54) is 11.1 Å². The third kappa shape index (κ3) is 7.07. The number of ketones is 1. The SMILES string of the molecule is CC(C)C1=C2[C@H]3CC[C@@H]4[C@@]5(C)CC[C@H](OC(=O)[C@H]6C[C@@H](C(=O)O)C6(C)C)C(C)(C)[C@@H]5CC[C@@]4(C)[C@]3(C)CC[C@@]2(CCNC(=O)c2ccc(CN3CCN(C)CC3)cc2)CC1=O. The fourth-order valence-electron chi connectivity index (χ4n) is 15.7. The molecule has 1 aliphatic heterocycles. The van der Waals surface area contributed by atoms with Crippen LogP contribution in [0.2, 0.25) is 0 Å². The molecule has 61 heavy (non-hydrogen) atoms. The summed E-state index contributed by atoms with van der Waals surface area (Å²) < 4.78 is 6.44. The summed E-state index contributed by atoms with van der Waals surface area (Å²) in [5.41, 5.74) is 3.71. The maximum absolute atomic E-state index is 14.2. The standard InChI is InChI=1S/C52H77N3O6/c1-32(2)42-38(56)30-52(23-24-53-44(57)34-13-11-33(12-14-34)31-55-27-25-54(10)26-28-55)22-21-50(8)35(43(42)52)15-16-40-49(7)19-18-41(48(5,6)39(49)17-20-51(40,50)9)61-46(60)37-29-36(45(58)59)47(37,3)4/h11-14,32,35-37,39-41H,15-31H2,1-10H3,(H,53,57)(H,58,59)/t35-,36+,37-,39+,40-,41+,49+,50-,51-,52-/m1/s1. The van der Waals surface area contributed by atoms with Crippen LogP contribution in [0.4, 0.5) is 0 Å². The fourth-order valence-corrected chi connectivity index (χ4v) is 15.7. The molecular formula is C52H77N3O6. The van der Waals surface area contributed by atoms with Crippen LogP contribution in [0, 0.1) is 68.0 Å². The molecule has 0 spiro atoms. The van der Waals surface area contributed by atoms with Gasteiger partial charge in [0.05, 0.1) is 11.8 Å². The molecule has 7 aliphatic rings. The maximum atomic E-state index is 14.2. The van der Waals surface area contributed by atoms with Crippen molar-refractivity contribution in [2.45, 2.75) is 146 Å². The van der Waals surface area contributed by atoms with Crippen molar-refractivity contribution in [3.05, 3.63) is 46.5 Å². The number of allylic oxidation sites excluding steroid dienone is 2. The highest BCUT2D eigenvalue weighted by Gasteiger charge is 2.70. The van der Waals surface area contributed by atoms with Gasteiger partial charge in [-0.05, 0) is 140 Å². The summed E-state index contributed by atoms with van der Waals surface area (Å²) in [6.07, 6.45) is 9.92. The molecule has 6 aliphatic carbocycles. The highest BCUT2D eigenvalue weighted by Crippen LogP contribution is 2.77. The Morgan fingerprint density at radius 3 is 2.15 bits per heavy atom. The highest BCUT2D eigenvalue weighted by atomic mass is 16.5. The third-order valence-electron chi connectivity index (χ3n) is 19.7. The number of rotatable bonds is 10. The number of carbonyl (C=O) groups excluding carboxylic acids is 3. The Kier molecular flexibility index (Phi) is 11.4. The Morgan fingerprint density at radius 2 is 1.51 bits per heavy atom. The third-order valence-corrected chi connectivity index (χ3v) is 19.7. The second-order valence-corrected chi connectivity index (χ2v) is 23.5. The van der Waals surface area contributed by atoms with E-state index in [1.807, 2.05) is 26.0 Å². The van der Waals surface area contributed by atoms with Crippen molar-refractivity contribution in [2.75, 3.05) is 39.8 Å². The average Bonchev–Trinajstić information content (AvgIpc) is 3.48. The van der Waals surface area contributed by atoms with Gasteiger partial charge in [0.25, 0.3) is 5.91 Å². The van der Waals surface area contributed by atoms with Gasteiger partial charge in [0.1, 0.15) is 6.10 Å². The predicted octanol–water partition coefficient (Wildman–Crippen LogP) is 9.19. The topological polar surface area (TPSA) is 116 Å². The van der Waals surface area contributed by atoms with E-state index < -0.39 is 17.3 Å². The van der Waals surface area contributed by atoms with Gasteiger partial charge in [-0.2, -0.15) is 0 Å². The first-order valence-electron chi connectivity index (χ1n) is 24.1. The van der Waals surface area contributed by atoms with Crippen LogP contribution < -0.4 is 5.32 Å². The van der Waals surface area contributed by atoms with Crippen molar-refractivity contribution in [3.63, 3.8) is 0 Å². The molecule has 5 saturated carbocycles. The lowest BCUT2D eigenvalue weighted by Gasteiger charge is -2.72. The number of benzene rings is 1. The monoisotopic (exact) mass is 840 g/mol. The number of ether oxygens (including phenoxy) is 1. The number of nitrogens with zero attached hydrogens (tertiary/aromatic N) is 2. The molecule has 9 nitrogen and oxygen atoms in total. The van der Waals surface area contributed by atoms with Crippen molar-refractivity contribution in [1.29, 1.82) is 0 Å². The van der Waals surface area contributed by atoms with E-state index in [4.69, 9.17) is 4.74 Å². The zero-order valence-electron chi connectivity index (χ0n) is 39.3. The molecule has 1 aromatic carbocycles. The van der Waals surface area contributed by atoms with Gasteiger partial charge < -0.3 is 20.1 Å². The Labute approximate surface area is 366 Å². The van der Waals surface area contributed by atoms with Gasteiger partial charge in [0.15, 0.2) is 5.78 Å². The average molecular weight is 840 g/mol. The molecule has 1 amide bonds. The summed E-state index contributed by atoms with van der Waals surface area (Å²) in [5.74, 6) is -0.176. The Bertz CT molecular complexity index is 1940. The van der Waals surface area contributed by atoms with Gasteiger partial charge in [-0.3, -0.25) is 24.1 Å². The molecular weight excluding hydrogens is 763 g/mol. The summed E-state index contributed by atoms with van der Waals surface area (Å²) in [4.78, 5) is 58.1. The zero-order valence-corrected chi connectivity index (χ0v) is 39.3. The molecule has 6 fully saturated rings. The lowest BCUT2D eigenvalue weighted by molar-refractivity contribution is -0.236. The van der Waals surface area contributed by atoms with E-state index in [1.54, 1.807) is 0 Å². The first-order valence-corrected chi connectivity index (χ1v) is 24.1. The Balaban J connectivity index is 0.964. The minimum atomic E-state index is -0.825. The van der Waals surface area contributed by atoms with E-state index in [0.29, 0.717) is 48.5 Å². The van der Waals surface area contributed by atoms with E-state index in [2.05, 4.69) is 82.8 Å². The number of amides is 1. The van der Waals surface area contributed by atoms with E-state index in [-0.39, 0.29) is 56.9 Å². The molecule has 0 bridgehead atoms. The number of carbonyl (C=O) groups is 4. The normalized spacial score (nSPS) is 39.4. The number of carboxylic acids is 1. The number of hydrogen-bond acceptors (Lipinski definition) is 7. The van der Waals surface area contributed by atoms with Crippen LogP contribution >= 0.6 is 0 Å². The lowest BCUT2D eigenvalue weighted by Crippen LogP contribution is -2.66. The number of esters is 1. The Hall–Kier alpha value is -3.04. The molecule has 1 saturated heterocycles. The lowest BCUT2D eigenvalue weighted by atomic mass is 9.33. The summed E-state index contributed by atoms with van der Waals surface area (Å²) in [6.45, 7) is 26.4. The maximum Gasteiger partial charge on any atom is 0.309 e. The van der Waals surface area contributed by atoms with Gasteiger partial charge >= 0.3 is 11.9 Å². The second-order valence-electron chi connectivity index (χ2n) is 23.5. The van der Waals surface area contributed by atoms with Crippen LogP contribution in [0.3, 0.4) is 0 Å². The van der Waals surface area contributed by atoms with Crippen LogP contribution in [0.25, 0.3) is 0 Å². The Morgan fingerprint density at radius 1 is 0.820 bits per heavy atom. The molecule has 2 N–H and O–H groups in total. The molecule has 0 unspecified atom stereocenters. The minimum absolute atomic E-state index is 0.0359. The van der Waals surface area contributed by atoms with Gasteiger partial charge in [0, 0.05) is 62.1 Å². The second kappa shape index (κ2) is 15.6. The van der Waals surface area contributed by atoms with Crippen molar-refractivity contribution in [1.82, 2.24) is 15.1 Å². The molecule has 336 valence electrons. The first kappa shape index (κ1) is 44.6. The molecule has 1 aromatic rings. The van der Waals surface area contributed by atoms with Crippen molar-refractivity contribution in [2.24, 2.45) is 68.0 Å². The van der Waals surface area contributed by atoms with E-state index >= 15 is 0 Å². The summed E-state index contributed by atoms with van der Waals surface area (Å²) in [6, 6.07) is 8.13. The molecule has 8 rings (SSSR count). The van der Waals surface area contributed by atoms with Crippen LogP contribution in [0.1, 0.15) is 149 Å². The van der Waals surface area contributed by atoms with Gasteiger partial charge in [-0.15, -0.1) is 0 Å². The number of aliphatic carboxylic acids is 1. The van der Waals surface area contributed by atoms with Crippen molar-refractivity contribution in [3.8, 4) is 0 Å². The van der Waals surface area contributed by atoms with Crippen LogP contribution in [0.5, 0.6) is 0 Å². The first-order chi connectivity index (χ1) is 28.6. The van der Waals surface area contributed by atoms with Gasteiger partial charge in [-0.25, -0.2) is 0 Å². The van der Waals surface area contributed by atoms with Crippen LogP contribution in [-0.2, 0) is 25.7 Å². The van der Waals surface area contributed by atoms with Crippen molar-refractivity contribution < 1.29 is 29.0 Å². The summed E-state index contributed by atoms with van der Waals surface area (Å²) in [7, 11) is 2.17. The summed E-state index contributed by atoms with van der Waals surface area (Å²) in [5, 5.41) is 13.0. The van der Waals surface area contributed by atoms with Gasteiger partial charge in [-0.1, -0.05) is 80.0 Å². The molecule has 10 atom stereocenters. The number of piperazine rings is 1. The predicted molar refractivity (Wildman–Crippen MR) is 238 cm³/mol. The van der Waals surface area contributed by atoms with Crippen LogP contribution in [0.15, 0.2) is 35.4 Å². The smallest absolute Gasteiger partial charge is 0.309 e. The largest absolute Gasteiger partial charge is 0.481 e. The number of nitrogens with one attached hydrogen (secondary N) is 1. The summed E-state index contributed by atoms with van der Waals surface area (Å²) >= 11 is 0. The zero-order chi connectivity index (χ0) is 44.1. The highest BCUT2D eigenvalue weighted by molar-refractivity contribution is 6.00. The quantitative estimate of drug-likeness (QED) is 0.224. The molecule has 9 heteroatoms. The minimum Gasteiger partial charge on any atom is -0.481 e. The molecule has 0 radical (unpaired) electrons. The van der Waals surface area contributed by atoms with E-state index in [9.17, 15) is 24.3 Å². The molecule has 0 aromatic heterocycles. The number of fused-ring (bicyclic) bond motifs is 7.